The standard InChI is InChI=1S/C65H114N12O13/c1-24-26-27-40(11)54-53-58(81)68-46(25-2)61(84)70(17)44(15)60(83)74(21)51(41(12)35-77-28-30-89-31-29-77)57(80)69-50(39(9)10)64(87)71(18)47(32-36(3)4)56(79)66-42(13)55(78)67-43(14)59(82)72(19)48(33-37(5)6)62(85)73(20)49(34-38(7)8)63(86)75(22)52(45(16)90-54)65(88)76(53)23/h24,26,36-54H,25,27-35H2,1-23H3,(H,66,79)(H,67,78)(H,68,81)(H,69,80). The molecule has 3 aliphatic rings. The van der Waals surface area contributed by atoms with E-state index in [9.17, 15) is 28.8 Å². The largest absolute Gasteiger partial charge is 0.379 e. The number of carbonyl (C=O) groups excluding carboxylic acids is 11. The lowest BCUT2D eigenvalue weighted by atomic mass is 9.92. The molecule has 11 amide bonds. The lowest BCUT2D eigenvalue weighted by molar-refractivity contribution is -0.155. The zero-order valence-corrected chi connectivity index (χ0v) is 58.6. The number of rotatable bonds is 14. The fraction of sp³-hybridized carbons (Fsp3) is 0.800. The average molecular weight is 1270 g/mol. The normalized spacial score (nSPS) is 30.3. The summed E-state index contributed by atoms with van der Waals surface area (Å²) in [6, 6.07) is -13.4. The van der Waals surface area contributed by atoms with Crippen molar-refractivity contribution in [2.45, 2.75) is 222 Å². The van der Waals surface area contributed by atoms with E-state index < -0.39 is 161 Å². The van der Waals surface area contributed by atoms with Gasteiger partial charge in [-0.15, -0.1) is 0 Å². The molecule has 0 saturated carbocycles. The lowest BCUT2D eigenvalue weighted by Gasteiger charge is -2.39. The molecule has 0 spiro atoms. The van der Waals surface area contributed by atoms with Crippen molar-refractivity contribution < 1.29 is 62.2 Å². The first kappa shape index (κ1) is 78.0. The molecular weight excluding hydrogens is 1160 g/mol. The molecule has 15 atom stereocenters. The highest BCUT2D eigenvalue weighted by Crippen LogP contribution is 2.30. The second-order valence-corrected chi connectivity index (χ2v) is 27.2. The van der Waals surface area contributed by atoms with Crippen LogP contribution in [0.3, 0.4) is 0 Å². The van der Waals surface area contributed by atoms with Crippen molar-refractivity contribution in [3.63, 3.8) is 0 Å². The van der Waals surface area contributed by atoms with Crippen LogP contribution in [0, 0.1) is 35.5 Å². The van der Waals surface area contributed by atoms with E-state index in [1.54, 1.807) is 27.7 Å². The Morgan fingerprint density at radius 3 is 1.49 bits per heavy atom. The fourth-order valence-electron chi connectivity index (χ4n) is 12.4. The maximum atomic E-state index is 15.2. The van der Waals surface area contributed by atoms with Gasteiger partial charge in [-0.25, -0.2) is 0 Å². The molecule has 0 aromatic carbocycles. The first-order chi connectivity index (χ1) is 41.9. The van der Waals surface area contributed by atoms with Crippen LogP contribution in [0.5, 0.6) is 0 Å². The molecular formula is C65H114N12O13. The Balaban J connectivity index is 2.33. The second-order valence-electron chi connectivity index (χ2n) is 27.2. The molecule has 0 aromatic heterocycles. The molecule has 3 fully saturated rings. The summed E-state index contributed by atoms with van der Waals surface area (Å²) in [4.78, 5) is 174. The summed E-state index contributed by atoms with van der Waals surface area (Å²) in [5.41, 5.74) is 0. The van der Waals surface area contributed by atoms with Gasteiger partial charge in [0.05, 0.1) is 25.4 Å². The van der Waals surface area contributed by atoms with Gasteiger partial charge in [-0.3, -0.25) is 57.6 Å². The number of fused-ring (bicyclic) bond motifs is 3. The molecule has 4 N–H and O–H groups in total. The summed E-state index contributed by atoms with van der Waals surface area (Å²) in [6.45, 7) is 30.5. The van der Waals surface area contributed by atoms with E-state index in [0.29, 0.717) is 39.3 Å². The number of amides is 11. The number of carbonyl (C=O) groups is 11. The van der Waals surface area contributed by atoms with E-state index in [-0.39, 0.29) is 43.4 Å². The van der Waals surface area contributed by atoms with Crippen molar-refractivity contribution in [1.29, 1.82) is 0 Å². The van der Waals surface area contributed by atoms with E-state index in [1.165, 1.54) is 104 Å². The Morgan fingerprint density at radius 2 is 0.978 bits per heavy atom. The molecule has 3 aliphatic heterocycles. The van der Waals surface area contributed by atoms with Crippen molar-refractivity contribution in [2.24, 2.45) is 35.5 Å². The molecule has 0 aliphatic carbocycles. The minimum Gasteiger partial charge on any atom is -0.379 e. The number of morpholine rings is 1. The maximum Gasteiger partial charge on any atom is 0.248 e. The summed E-state index contributed by atoms with van der Waals surface area (Å²) in [6.07, 6.45) is 2.74. The van der Waals surface area contributed by atoms with Crippen LogP contribution in [0.2, 0.25) is 0 Å². The third-order valence-corrected chi connectivity index (χ3v) is 18.1. The Morgan fingerprint density at radius 1 is 0.489 bits per heavy atom. The highest BCUT2D eigenvalue weighted by Gasteiger charge is 2.51. The molecule has 90 heavy (non-hydrogen) atoms. The predicted molar refractivity (Wildman–Crippen MR) is 343 cm³/mol. The van der Waals surface area contributed by atoms with Gasteiger partial charge in [0.25, 0.3) is 0 Å². The van der Waals surface area contributed by atoms with Crippen LogP contribution in [0.1, 0.15) is 143 Å². The zero-order chi connectivity index (χ0) is 68.7. The van der Waals surface area contributed by atoms with Crippen LogP contribution in [-0.2, 0) is 62.2 Å². The highest BCUT2D eigenvalue weighted by molar-refractivity contribution is 6.00. The fourth-order valence-corrected chi connectivity index (χ4v) is 12.4. The summed E-state index contributed by atoms with van der Waals surface area (Å²) < 4.78 is 12.4. The second kappa shape index (κ2) is 35.0. The average Bonchev–Trinajstić information content (AvgIpc) is 1.56. The van der Waals surface area contributed by atoms with Gasteiger partial charge in [0.1, 0.15) is 66.5 Å². The van der Waals surface area contributed by atoms with E-state index in [0.717, 1.165) is 0 Å². The SMILES string of the molecule is CC=CCC(C)C1OC(C)C2C(=O)N(C)C1C(=O)NC(CC)C(=O)N(C)C(C)C(=O)N(C)C(C(C)CN1CCOCC1)C(=O)NC(C(C)C)C(=O)N(C)C(CC(C)C)C(=O)NC(C)C(=O)NC(C)C(=O)N(C)C(CC(C)C)C(=O)N(C)C(CC(C)C)C(=O)N2C. The number of nitrogens with one attached hydrogen (secondary N) is 4. The minimum atomic E-state index is -1.34. The Kier molecular flexibility index (Phi) is 30.3. The molecule has 0 radical (unpaired) electrons. The lowest BCUT2D eigenvalue weighted by Crippen LogP contribution is -2.63. The maximum absolute atomic E-state index is 15.2. The monoisotopic (exact) mass is 1270 g/mol. The van der Waals surface area contributed by atoms with E-state index >= 15 is 24.0 Å². The molecule has 512 valence electrons. The first-order valence-corrected chi connectivity index (χ1v) is 32.5. The van der Waals surface area contributed by atoms with Crippen molar-refractivity contribution >= 4 is 65.0 Å². The van der Waals surface area contributed by atoms with Gasteiger partial charge >= 0.3 is 0 Å². The summed E-state index contributed by atoms with van der Waals surface area (Å²) in [5.74, 6) is -9.02. The number of likely N-dealkylation sites (N-methyl/N-ethyl adjacent to an activating group) is 7. The van der Waals surface area contributed by atoms with Crippen LogP contribution in [0.15, 0.2) is 12.2 Å². The number of nitrogens with zero attached hydrogens (tertiary/aromatic N) is 8. The van der Waals surface area contributed by atoms with Crippen molar-refractivity contribution in [1.82, 2.24) is 60.5 Å². The molecule has 2 bridgehead atoms. The zero-order valence-electron chi connectivity index (χ0n) is 58.6. The third kappa shape index (κ3) is 19.9. The van der Waals surface area contributed by atoms with Crippen LogP contribution >= 0.6 is 0 Å². The van der Waals surface area contributed by atoms with Gasteiger partial charge in [0.2, 0.25) is 65.0 Å². The molecule has 25 nitrogen and oxygen atoms in total. The third-order valence-electron chi connectivity index (χ3n) is 18.1. The summed E-state index contributed by atoms with van der Waals surface area (Å²) in [7, 11) is 10.2. The van der Waals surface area contributed by atoms with Gasteiger partial charge in [0, 0.05) is 69.0 Å². The summed E-state index contributed by atoms with van der Waals surface area (Å²) >= 11 is 0. The predicted octanol–water partition coefficient (Wildman–Crippen LogP) is 2.35. The van der Waals surface area contributed by atoms with Crippen molar-refractivity contribution in [3.05, 3.63) is 12.2 Å². The molecule has 0 aromatic rings. The van der Waals surface area contributed by atoms with Gasteiger partial charge in [-0.1, -0.05) is 88.3 Å². The molecule has 3 heterocycles. The highest BCUT2D eigenvalue weighted by atomic mass is 16.5. The van der Waals surface area contributed by atoms with Crippen LogP contribution in [0.4, 0.5) is 0 Å². The van der Waals surface area contributed by atoms with Gasteiger partial charge in [0.15, 0.2) is 0 Å². The Labute approximate surface area is 537 Å². The molecule has 3 rings (SSSR count). The van der Waals surface area contributed by atoms with Gasteiger partial charge in [-0.2, -0.15) is 0 Å². The van der Waals surface area contributed by atoms with Crippen LogP contribution < -0.4 is 21.3 Å². The van der Waals surface area contributed by atoms with Crippen molar-refractivity contribution in [2.75, 3.05) is 82.2 Å². The van der Waals surface area contributed by atoms with E-state index in [1.807, 2.05) is 74.5 Å². The van der Waals surface area contributed by atoms with Gasteiger partial charge in [-0.05, 0) is 102 Å². The number of ether oxygens (including phenoxy) is 2. The van der Waals surface area contributed by atoms with Crippen LogP contribution in [0.25, 0.3) is 0 Å². The number of allylic oxidation sites excluding steroid dienone is 2. The molecule has 25 heteroatoms. The molecule has 3 saturated heterocycles. The van der Waals surface area contributed by atoms with E-state index in [4.69, 9.17) is 9.47 Å². The Bertz CT molecular complexity index is 2520. The number of hydrogen-bond donors (Lipinski definition) is 4. The van der Waals surface area contributed by atoms with Crippen molar-refractivity contribution in [3.8, 4) is 0 Å². The quantitative estimate of drug-likeness (QED) is 0.182. The smallest absolute Gasteiger partial charge is 0.248 e. The topological polar surface area (TPSA) is 280 Å². The minimum absolute atomic E-state index is 0.0604. The van der Waals surface area contributed by atoms with Crippen LogP contribution in [-0.4, -0.2) is 265 Å². The summed E-state index contributed by atoms with van der Waals surface area (Å²) in [5, 5.41) is 11.3. The van der Waals surface area contributed by atoms with E-state index in [2.05, 4.69) is 26.2 Å². The first-order valence-electron chi connectivity index (χ1n) is 32.5. The number of hydrogen-bond acceptors (Lipinski definition) is 14. The van der Waals surface area contributed by atoms with Gasteiger partial charge < -0.3 is 65.0 Å². The Hall–Kier alpha value is -6.21. The molecule has 15 unspecified atom stereocenters.